The molecule has 1 saturated carbocycles. The second-order valence-corrected chi connectivity index (χ2v) is 6.42. The molecule has 1 aliphatic rings. The predicted molar refractivity (Wildman–Crippen MR) is 83.2 cm³/mol. The molecule has 3 nitrogen and oxygen atoms in total. The van der Waals surface area contributed by atoms with E-state index < -0.39 is 0 Å². The van der Waals surface area contributed by atoms with Gasteiger partial charge in [-0.1, -0.05) is 27.7 Å². The van der Waals surface area contributed by atoms with Crippen LogP contribution in [0, 0.1) is 12.3 Å². The molecule has 1 aliphatic carbocycles. The Morgan fingerprint density at radius 1 is 1.35 bits per heavy atom. The summed E-state index contributed by atoms with van der Waals surface area (Å²) < 4.78 is 6.25. The van der Waals surface area contributed by atoms with Crippen LogP contribution < -0.4 is 10.1 Å². The average molecular weight is 276 g/mol. The molecular weight excluding hydrogens is 248 g/mol. The van der Waals surface area contributed by atoms with Crippen LogP contribution >= 0.6 is 0 Å². The summed E-state index contributed by atoms with van der Waals surface area (Å²) in [6.45, 7) is 12.0. The zero-order valence-electron chi connectivity index (χ0n) is 13.5. The van der Waals surface area contributed by atoms with Crippen molar-refractivity contribution in [3.63, 3.8) is 0 Å². The maximum Gasteiger partial charge on any atom is 0.141 e. The summed E-state index contributed by atoms with van der Waals surface area (Å²) in [6, 6.07) is 4.67. The van der Waals surface area contributed by atoms with Crippen LogP contribution in [0.5, 0.6) is 5.75 Å². The number of hydrogen-bond donors (Lipinski definition) is 1. The maximum atomic E-state index is 6.25. The fraction of sp³-hybridized carbons (Fsp3) is 0.706. The summed E-state index contributed by atoms with van der Waals surface area (Å²) >= 11 is 0. The van der Waals surface area contributed by atoms with Gasteiger partial charge in [0.25, 0.3) is 0 Å². The lowest BCUT2D eigenvalue weighted by atomic mass is 9.64. The van der Waals surface area contributed by atoms with Crippen molar-refractivity contribution in [2.75, 3.05) is 6.54 Å². The Morgan fingerprint density at radius 3 is 2.70 bits per heavy atom. The third-order valence-electron chi connectivity index (χ3n) is 4.49. The fourth-order valence-electron chi connectivity index (χ4n) is 2.86. The van der Waals surface area contributed by atoms with Crippen LogP contribution in [0.4, 0.5) is 0 Å². The van der Waals surface area contributed by atoms with Crippen LogP contribution in [0.1, 0.15) is 51.9 Å². The van der Waals surface area contributed by atoms with Crippen molar-refractivity contribution in [1.82, 2.24) is 10.3 Å². The van der Waals surface area contributed by atoms with Crippen molar-refractivity contribution in [1.29, 1.82) is 0 Å². The second-order valence-electron chi connectivity index (χ2n) is 6.42. The van der Waals surface area contributed by atoms with E-state index in [-0.39, 0.29) is 11.5 Å². The molecule has 20 heavy (non-hydrogen) atoms. The number of ether oxygens (including phenoxy) is 1. The predicted octanol–water partition coefficient (Wildman–Crippen LogP) is 3.50. The summed E-state index contributed by atoms with van der Waals surface area (Å²) in [6.07, 6.45) is 3.47. The van der Waals surface area contributed by atoms with Crippen molar-refractivity contribution in [3.8, 4) is 5.75 Å². The number of nitrogens with one attached hydrogen (secondary N) is 1. The van der Waals surface area contributed by atoms with E-state index in [2.05, 4.69) is 44.1 Å². The Kier molecular flexibility index (Phi) is 4.69. The molecule has 2 atom stereocenters. The molecule has 0 spiro atoms. The highest BCUT2D eigenvalue weighted by Gasteiger charge is 2.49. The van der Waals surface area contributed by atoms with Crippen LogP contribution in [0.2, 0.25) is 0 Å². The van der Waals surface area contributed by atoms with Crippen molar-refractivity contribution in [2.24, 2.45) is 5.41 Å². The molecule has 0 aromatic carbocycles. The zero-order valence-corrected chi connectivity index (χ0v) is 13.5. The first-order valence-electron chi connectivity index (χ1n) is 7.85. The monoisotopic (exact) mass is 276 g/mol. The van der Waals surface area contributed by atoms with Crippen molar-refractivity contribution in [2.45, 2.75) is 66.0 Å². The van der Waals surface area contributed by atoms with Crippen molar-refractivity contribution >= 4 is 0 Å². The highest BCUT2D eigenvalue weighted by Crippen LogP contribution is 2.43. The fourth-order valence-corrected chi connectivity index (χ4v) is 2.86. The Morgan fingerprint density at radius 2 is 2.10 bits per heavy atom. The first-order chi connectivity index (χ1) is 9.48. The summed E-state index contributed by atoms with van der Waals surface area (Å²) in [5.41, 5.74) is 2.32. The van der Waals surface area contributed by atoms with E-state index in [0.717, 1.165) is 36.5 Å². The molecule has 1 heterocycles. The van der Waals surface area contributed by atoms with Gasteiger partial charge in [0.05, 0.1) is 5.69 Å². The molecule has 0 radical (unpaired) electrons. The highest BCUT2D eigenvalue weighted by molar-refractivity contribution is 5.30. The normalized spacial score (nSPS) is 24.2. The van der Waals surface area contributed by atoms with Gasteiger partial charge in [-0.2, -0.15) is 0 Å². The van der Waals surface area contributed by atoms with Gasteiger partial charge in [-0.25, -0.2) is 0 Å². The smallest absolute Gasteiger partial charge is 0.141 e. The van der Waals surface area contributed by atoms with E-state index in [1.807, 2.05) is 13.0 Å². The average Bonchev–Trinajstić information content (AvgIpc) is 2.43. The van der Waals surface area contributed by atoms with Gasteiger partial charge in [0.2, 0.25) is 0 Å². The molecule has 0 amide bonds. The van der Waals surface area contributed by atoms with Gasteiger partial charge >= 0.3 is 0 Å². The molecular formula is C17H28N2O. The van der Waals surface area contributed by atoms with Crippen LogP contribution in [0.15, 0.2) is 12.1 Å². The second kappa shape index (κ2) is 6.13. The van der Waals surface area contributed by atoms with E-state index in [1.165, 1.54) is 6.42 Å². The van der Waals surface area contributed by atoms with Gasteiger partial charge < -0.3 is 10.1 Å². The van der Waals surface area contributed by atoms with E-state index in [0.29, 0.717) is 6.04 Å². The summed E-state index contributed by atoms with van der Waals surface area (Å²) in [7, 11) is 0. The third-order valence-corrected chi connectivity index (χ3v) is 4.49. The molecule has 3 heteroatoms. The molecule has 1 aromatic rings. The van der Waals surface area contributed by atoms with Gasteiger partial charge in [-0.15, -0.1) is 0 Å². The molecule has 2 unspecified atom stereocenters. The maximum absolute atomic E-state index is 6.25. The zero-order chi connectivity index (χ0) is 14.8. The number of rotatable bonds is 6. The summed E-state index contributed by atoms with van der Waals surface area (Å²) in [4.78, 5) is 4.58. The lowest BCUT2D eigenvalue weighted by molar-refractivity contribution is -0.0552. The molecule has 1 aromatic heterocycles. The van der Waals surface area contributed by atoms with Gasteiger partial charge in [-0.05, 0) is 38.4 Å². The Bertz CT molecular complexity index is 456. The summed E-state index contributed by atoms with van der Waals surface area (Å²) in [5, 5.41) is 3.62. The Labute approximate surface area is 123 Å². The standard InChI is InChI=1S/C17H28N2O/c1-6-10-18-15-11-16(17(15,4)5)20-14-9-8-12(3)19-13(14)7-2/h8-9,15-16,18H,6-7,10-11H2,1-5H3. The number of hydrogen-bond acceptors (Lipinski definition) is 3. The minimum Gasteiger partial charge on any atom is -0.488 e. The number of aromatic nitrogens is 1. The molecule has 0 saturated heterocycles. The quantitative estimate of drug-likeness (QED) is 0.863. The van der Waals surface area contributed by atoms with Crippen LogP contribution in [-0.4, -0.2) is 23.7 Å². The van der Waals surface area contributed by atoms with E-state index in [9.17, 15) is 0 Å². The minimum atomic E-state index is 0.186. The Balaban J connectivity index is 2.02. The molecule has 0 bridgehead atoms. The van der Waals surface area contributed by atoms with Crippen molar-refractivity contribution < 1.29 is 4.74 Å². The van der Waals surface area contributed by atoms with Gasteiger partial charge in [0.15, 0.2) is 0 Å². The molecule has 1 N–H and O–H groups in total. The largest absolute Gasteiger partial charge is 0.488 e. The lowest BCUT2D eigenvalue weighted by Gasteiger charge is -2.51. The topological polar surface area (TPSA) is 34.1 Å². The Hall–Kier alpha value is -1.09. The van der Waals surface area contributed by atoms with Crippen molar-refractivity contribution in [3.05, 3.63) is 23.5 Å². The van der Waals surface area contributed by atoms with Crippen LogP contribution in [0.25, 0.3) is 0 Å². The third kappa shape index (κ3) is 2.98. The molecule has 0 aliphatic heterocycles. The molecule has 1 fully saturated rings. The number of aryl methyl sites for hydroxylation is 2. The summed E-state index contributed by atoms with van der Waals surface area (Å²) in [5.74, 6) is 0.963. The van der Waals surface area contributed by atoms with E-state index >= 15 is 0 Å². The van der Waals surface area contributed by atoms with E-state index in [4.69, 9.17) is 4.74 Å². The SMILES string of the molecule is CCCNC1CC(Oc2ccc(C)nc2CC)C1(C)C. The van der Waals surface area contributed by atoms with Gasteiger partial charge in [0.1, 0.15) is 11.9 Å². The van der Waals surface area contributed by atoms with E-state index in [1.54, 1.807) is 0 Å². The lowest BCUT2D eigenvalue weighted by Crippen LogP contribution is -2.62. The first kappa shape index (κ1) is 15.3. The number of pyridine rings is 1. The number of nitrogens with zero attached hydrogens (tertiary/aromatic N) is 1. The van der Waals surface area contributed by atoms with Crippen LogP contribution in [0.3, 0.4) is 0 Å². The molecule has 2 rings (SSSR count). The van der Waals surface area contributed by atoms with Gasteiger partial charge in [-0.3, -0.25) is 4.98 Å². The van der Waals surface area contributed by atoms with Crippen LogP contribution in [-0.2, 0) is 6.42 Å². The van der Waals surface area contributed by atoms with Gasteiger partial charge in [0, 0.05) is 23.6 Å². The minimum absolute atomic E-state index is 0.186. The highest BCUT2D eigenvalue weighted by atomic mass is 16.5. The first-order valence-corrected chi connectivity index (χ1v) is 7.85. The molecule has 112 valence electrons.